The van der Waals surface area contributed by atoms with E-state index in [9.17, 15) is 4.79 Å². The van der Waals surface area contributed by atoms with Gasteiger partial charge < -0.3 is 4.98 Å². The van der Waals surface area contributed by atoms with Crippen LogP contribution in [-0.4, -0.2) is 11.2 Å². The van der Waals surface area contributed by atoms with Gasteiger partial charge in [0.2, 0.25) is 5.56 Å². The monoisotopic (exact) mass is 370 g/mol. The predicted octanol–water partition coefficient (Wildman–Crippen LogP) is 5.13. The number of fused-ring (bicyclic) bond motifs is 4. The molecule has 2 aliphatic carbocycles. The van der Waals surface area contributed by atoms with Crippen molar-refractivity contribution in [3.8, 4) is 0 Å². The Balaban J connectivity index is 1.76. The molecule has 1 heterocycles. The van der Waals surface area contributed by atoms with E-state index in [1.54, 1.807) is 6.07 Å². The number of hydrogen-bond donors (Lipinski definition) is 1. The zero-order valence-electron chi connectivity index (χ0n) is 16.7. The number of H-pyrrole nitrogens is 1. The van der Waals surface area contributed by atoms with Crippen molar-refractivity contribution < 1.29 is 0 Å². The van der Waals surface area contributed by atoms with E-state index in [0.717, 1.165) is 29.7 Å². The number of nitrogens with zero attached hydrogens (tertiary/aromatic N) is 1. The summed E-state index contributed by atoms with van der Waals surface area (Å²) in [5, 5.41) is 0. The van der Waals surface area contributed by atoms with Crippen LogP contribution in [-0.2, 0) is 12.0 Å². The molecule has 2 aromatic rings. The first-order valence-electron chi connectivity index (χ1n) is 9.87. The van der Waals surface area contributed by atoms with E-state index in [4.69, 9.17) is 4.99 Å². The van der Waals surface area contributed by atoms with E-state index >= 15 is 0 Å². The van der Waals surface area contributed by atoms with Gasteiger partial charge in [-0.25, -0.2) is 0 Å². The first-order valence-corrected chi connectivity index (χ1v) is 9.87. The second kappa shape index (κ2) is 7.23. The van der Waals surface area contributed by atoms with Crippen molar-refractivity contribution >= 4 is 12.3 Å². The highest BCUT2D eigenvalue weighted by Gasteiger charge is 2.46. The van der Waals surface area contributed by atoms with Gasteiger partial charge in [-0.15, -0.1) is 0 Å². The quantitative estimate of drug-likeness (QED) is 0.591. The number of rotatable bonds is 3. The summed E-state index contributed by atoms with van der Waals surface area (Å²) < 4.78 is 0. The Morgan fingerprint density at radius 1 is 1.14 bits per heavy atom. The zero-order valence-corrected chi connectivity index (χ0v) is 16.7. The van der Waals surface area contributed by atoms with Crippen LogP contribution in [0.15, 0.2) is 75.6 Å². The lowest BCUT2D eigenvalue weighted by atomic mass is 9.63. The molecule has 0 amide bonds. The molecule has 0 saturated heterocycles. The molecule has 2 unspecified atom stereocenters. The molecule has 4 rings (SSSR count). The number of nitrogens with one attached hydrogen (secondary N) is 1. The third-order valence-corrected chi connectivity index (χ3v) is 5.83. The van der Waals surface area contributed by atoms with Gasteiger partial charge >= 0.3 is 0 Å². The summed E-state index contributed by atoms with van der Waals surface area (Å²) >= 11 is 0. The second-order valence-corrected chi connectivity index (χ2v) is 7.87. The normalized spacial score (nSPS) is 25.3. The molecule has 3 nitrogen and oxygen atoms in total. The summed E-state index contributed by atoms with van der Waals surface area (Å²) in [6, 6.07) is 12.0. The van der Waals surface area contributed by atoms with Crippen molar-refractivity contribution in [1.29, 1.82) is 0 Å². The minimum Gasteiger partial charge on any atom is -0.326 e. The van der Waals surface area contributed by atoms with Crippen LogP contribution in [0.3, 0.4) is 0 Å². The highest BCUT2D eigenvalue weighted by molar-refractivity contribution is 5.79. The molecular weight excluding hydrogens is 344 g/mol. The molecular formula is C25H26N2O. The molecule has 2 aliphatic rings. The number of benzene rings is 1. The standard InChI is InChI=1S/C25H26N2O/c1-4-21-20-14-18(3)16-25(21,22-11-12-24(28)27-23(22)15-20)26-13-5-6-19-9-7-17(2)8-10-19/h4-14,20H,15-16H2,1-3H3,(H,27,28)/b6-5+,21-4+,26-13?. The van der Waals surface area contributed by atoms with Gasteiger partial charge in [-0.1, -0.05) is 53.6 Å². The summed E-state index contributed by atoms with van der Waals surface area (Å²) in [6.07, 6.45) is 12.2. The molecule has 2 atom stereocenters. The Morgan fingerprint density at radius 3 is 2.68 bits per heavy atom. The highest BCUT2D eigenvalue weighted by atomic mass is 16.1. The van der Waals surface area contributed by atoms with E-state index in [1.165, 1.54) is 16.7 Å². The second-order valence-electron chi connectivity index (χ2n) is 7.87. The molecule has 28 heavy (non-hydrogen) atoms. The molecule has 1 N–H and O–H groups in total. The van der Waals surface area contributed by atoms with Gasteiger partial charge in [-0.2, -0.15) is 0 Å². The lowest BCUT2D eigenvalue weighted by Gasteiger charge is -2.45. The van der Waals surface area contributed by atoms with E-state index in [2.05, 4.69) is 68.2 Å². The number of hydrogen-bond acceptors (Lipinski definition) is 2. The lowest BCUT2D eigenvalue weighted by Crippen LogP contribution is -2.40. The largest absolute Gasteiger partial charge is 0.326 e. The minimum atomic E-state index is -0.423. The maximum Gasteiger partial charge on any atom is 0.248 e. The van der Waals surface area contributed by atoms with E-state index in [-0.39, 0.29) is 5.56 Å². The van der Waals surface area contributed by atoms with E-state index in [1.807, 2.05) is 18.4 Å². The average Bonchev–Trinajstić information content (AvgIpc) is 2.66. The first-order chi connectivity index (χ1) is 13.5. The van der Waals surface area contributed by atoms with Crippen molar-refractivity contribution in [2.24, 2.45) is 10.9 Å². The van der Waals surface area contributed by atoms with Gasteiger partial charge in [0.15, 0.2) is 0 Å². The lowest BCUT2D eigenvalue weighted by molar-refractivity contribution is 0.413. The van der Waals surface area contributed by atoms with Gasteiger partial charge in [-0.05, 0) is 50.5 Å². The summed E-state index contributed by atoms with van der Waals surface area (Å²) in [5.41, 5.74) is 6.78. The highest BCUT2D eigenvalue weighted by Crippen LogP contribution is 2.51. The maximum absolute atomic E-state index is 11.9. The smallest absolute Gasteiger partial charge is 0.248 e. The van der Waals surface area contributed by atoms with Crippen LogP contribution in [0.1, 0.15) is 42.7 Å². The van der Waals surface area contributed by atoms with Gasteiger partial charge in [0, 0.05) is 35.9 Å². The van der Waals surface area contributed by atoms with Crippen LogP contribution >= 0.6 is 0 Å². The van der Waals surface area contributed by atoms with Crippen LogP contribution < -0.4 is 5.56 Å². The van der Waals surface area contributed by atoms with Crippen LogP contribution in [0, 0.1) is 12.8 Å². The number of pyridine rings is 1. The van der Waals surface area contributed by atoms with Gasteiger partial charge in [0.1, 0.15) is 5.54 Å². The molecule has 142 valence electrons. The molecule has 0 spiro atoms. The van der Waals surface area contributed by atoms with Crippen LogP contribution in [0.2, 0.25) is 0 Å². The number of allylic oxidation sites excluding steroid dienone is 3. The molecule has 1 aromatic carbocycles. The average molecular weight is 370 g/mol. The van der Waals surface area contributed by atoms with Crippen molar-refractivity contribution in [3.63, 3.8) is 0 Å². The van der Waals surface area contributed by atoms with Crippen molar-refractivity contribution in [1.82, 2.24) is 4.98 Å². The summed E-state index contributed by atoms with van der Waals surface area (Å²) in [5.74, 6) is 0.294. The van der Waals surface area contributed by atoms with Crippen LogP contribution in [0.5, 0.6) is 0 Å². The third-order valence-electron chi connectivity index (χ3n) is 5.83. The van der Waals surface area contributed by atoms with Crippen LogP contribution in [0.25, 0.3) is 6.08 Å². The predicted molar refractivity (Wildman–Crippen MR) is 117 cm³/mol. The van der Waals surface area contributed by atoms with Gasteiger partial charge in [0.05, 0.1) is 0 Å². The molecule has 2 bridgehead atoms. The fourth-order valence-corrected chi connectivity index (χ4v) is 4.65. The van der Waals surface area contributed by atoms with Crippen LogP contribution in [0.4, 0.5) is 0 Å². The zero-order chi connectivity index (χ0) is 19.7. The Bertz CT molecular complexity index is 1070. The molecule has 0 aliphatic heterocycles. The molecule has 3 heteroatoms. The van der Waals surface area contributed by atoms with Crippen molar-refractivity contribution in [2.45, 2.75) is 39.2 Å². The SMILES string of the molecule is C/C=C1\C2C=C(C)CC1(N=C/C=C/c1ccc(C)cc1)c1ccc(=O)[nH]c1C2. The Hall–Kier alpha value is -2.94. The van der Waals surface area contributed by atoms with Gasteiger partial charge in [-0.3, -0.25) is 9.79 Å². The van der Waals surface area contributed by atoms with Crippen molar-refractivity contribution in [2.75, 3.05) is 0 Å². The summed E-state index contributed by atoms with van der Waals surface area (Å²) in [7, 11) is 0. The first kappa shape index (κ1) is 18.4. The van der Waals surface area contributed by atoms with E-state index < -0.39 is 5.54 Å². The van der Waals surface area contributed by atoms with Crippen molar-refractivity contribution in [3.05, 3.63) is 98.5 Å². The topological polar surface area (TPSA) is 45.2 Å². The Morgan fingerprint density at radius 2 is 1.93 bits per heavy atom. The summed E-state index contributed by atoms with van der Waals surface area (Å²) in [6.45, 7) is 6.37. The minimum absolute atomic E-state index is 0.0418. The molecule has 1 aromatic heterocycles. The fraction of sp³-hybridized carbons (Fsp3) is 0.280. The Labute approximate surface area is 166 Å². The molecule has 0 saturated carbocycles. The third kappa shape index (κ3) is 3.22. The fourth-order valence-electron chi connectivity index (χ4n) is 4.65. The Kier molecular flexibility index (Phi) is 4.76. The number of aromatic nitrogens is 1. The summed E-state index contributed by atoms with van der Waals surface area (Å²) in [4.78, 5) is 20.0. The number of aromatic amines is 1. The maximum atomic E-state index is 11.9. The molecule has 0 fully saturated rings. The van der Waals surface area contributed by atoms with Gasteiger partial charge in [0.25, 0.3) is 0 Å². The molecule has 0 radical (unpaired) electrons. The number of aliphatic imine (C=N–C) groups is 1. The number of aryl methyl sites for hydroxylation is 1. The van der Waals surface area contributed by atoms with E-state index in [0.29, 0.717) is 5.92 Å².